The summed E-state index contributed by atoms with van der Waals surface area (Å²) in [6.07, 6.45) is 0. The predicted molar refractivity (Wildman–Crippen MR) is 92.4 cm³/mol. The first-order valence-electron chi connectivity index (χ1n) is 6.45. The van der Waals surface area contributed by atoms with Gasteiger partial charge < -0.3 is 10.1 Å². The molecule has 0 unspecified atom stereocenters. The van der Waals surface area contributed by atoms with Crippen LogP contribution in [0.1, 0.15) is 26.6 Å². The molecule has 0 aliphatic rings. The van der Waals surface area contributed by atoms with E-state index >= 15 is 0 Å². The minimum absolute atomic E-state index is 0.119. The van der Waals surface area contributed by atoms with E-state index in [1.165, 1.54) is 0 Å². The van der Waals surface area contributed by atoms with Gasteiger partial charge in [-0.3, -0.25) is 0 Å². The van der Waals surface area contributed by atoms with Gasteiger partial charge in [0.05, 0.1) is 12.8 Å². The standard InChI is InChI=1S/C15H17Br2N3O/c1-15(2,3)14-19-12(17)8-13(20-14)18-11-7-9(21-4)5-6-10(11)16/h5-8H,1-4H3,(H,18,19,20). The number of benzene rings is 1. The average Bonchev–Trinajstić information content (AvgIpc) is 2.39. The molecule has 0 fully saturated rings. The normalized spacial score (nSPS) is 11.3. The average molecular weight is 415 g/mol. The van der Waals surface area contributed by atoms with Crippen LogP contribution in [-0.2, 0) is 5.41 Å². The summed E-state index contributed by atoms with van der Waals surface area (Å²) in [5.74, 6) is 2.29. The molecule has 0 saturated heterocycles. The Bertz CT molecular complexity index is 654. The summed E-state index contributed by atoms with van der Waals surface area (Å²) in [4.78, 5) is 9.01. The summed E-state index contributed by atoms with van der Waals surface area (Å²) in [6.45, 7) is 6.25. The molecule has 2 aromatic rings. The highest BCUT2D eigenvalue weighted by molar-refractivity contribution is 9.10. The van der Waals surface area contributed by atoms with E-state index in [2.05, 4.69) is 67.9 Å². The number of anilines is 2. The van der Waals surface area contributed by atoms with Gasteiger partial charge in [-0.15, -0.1) is 0 Å². The molecule has 112 valence electrons. The highest BCUT2D eigenvalue weighted by Crippen LogP contribution is 2.30. The Balaban J connectivity index is 2.38. The molecule has 0 atom stereocenters. The first kappa shape index (κ1) is 16.2. The lowest BCUT2D eigenvalue weighted by molar-refractivity contribution is 0.415. The Hall–Kier alpha value is -1.14. The third-order valence-electron chi connectivity index (χ3n) is 2.80. The molecule has 1 aromatic carbocycles. The van der Waals surface area contributed by atoms with Gasteiger partial charge >= 0.3 is 0 Å². The van der Waals surface area contributed by atoms with Crippen LogP contribution in [0.3, 0.4) is 0 Å². The minimum atomic E-state index is -0.119. The molecule has 0 aliphatic heterocycles. The highest BCUT2D eigenvalue weighted by Gasteiger charge is 2.19. The second kappa shape index (κ2) is 6.32. The summed E-state index contributed by atoms with van der Waals surface area (Å²) >= 11 is 6.96. The van der Waals surface area contributed by atoms with E-state index in [1.807, 2.05) is 24.3 Å². The maximum absolute atomic E-state index is 5.25. The molecule has 1 N–H and O–H groups in total. The number of hydrogen-bond acceptors (Lipinski definition) is 4. The summed E-state index contributed by atoms with van der Waals surface area (Å²) < 4.78 is 6.94. The van der Waals surface area contributed by atoms with Crippen molar-refractivity contribution in [2.45, 2.75) is 26.2 Å². The van der Waals surface area contributed by atoms with E-state index in [9.17, 15) is 0 Å². The van der Waals surface area contributed by atoms with Crippen LogP contribution in [-0.4, -0.2) is 17.1 Å². The van der Waals surface area contributed by atoms with Gasteiger partial charge in [-0.25, -0.2) is 9.97 Å². The molecule has 1 aromatic heterocycles. The Labute approximate surface area is 141 Å². The fourth-order valence-electron chi connectivity index (χ4n) is 1.68. The number of ether oxygens (including phenoxy) is 1. The van der Waals surface area contributed by atoms with Crippen LogP contribution in [0.4, 0.5) is 11.5 Å². The van der Waals surface area contributed by atoms with Gasteiger partial charge in [-0.2, -0.15) is 0 Å². The van der Waals surface area contributed by atoms with Crippen molar-refractivity contribution in [3.05, 3.63) is 39.2 Å². The van der Waals surface area contributed by atoms with Gasteiger partial charge in [-0.05, 0) is 44.0 Å². The quantitative estimate of drug-likeness (QED) is 0.713. The number of hydrogen-bond donors (Lipinski definition) is 1. The van der Waals surface area contributed by atoms with Gasteiger partial charge in [-0.1, -0.05) is 20.8 Å². The van der Waals surface area contributed by atoms with Crippen LogP contribution in [0.25, 0.3) is 0 Å². The van der Waals surface area contributed by atoms with E-state index in [4.69, 9.17) is 4.74 Å². The van der Waals surface area contributed by atoms with Crippen molar-refractivity contribution in [3.63, 3.8) is 0 Å². The van der Waals surface area contributed by atoms with Crippen molar-refractivity contribution in [1.82, 2.24) is 9.97 Å². The van der Waals surface area contributed by atoms with Gasteiger partial charge in [0.25, 0.3) is 0 Å². The van der Waals surface area contributed by atoms with Crippen molar-refractivity contribution < 1.29 is 4.74 Å². The maximum Gasteiger partial charge on any atom is 0.137 e. The Morgan fingerprint density at radius 2 is 1.81 bits per heavy atom. The first-order valence-corrected chi connectivity index (χ1v) is 8.04. The molecule has 0 spiro atoms. The number of halogens is 2. The fourth-order valence-corrected chi connectivity index (χ4v) is 2.41. The number of nitrogens with zero attached hydrogens (tertiary/aromatic N) is 2. The van der Waals surface area contributed by atoms with Crippen molar-refractivity contribution in [1.29, 1.82) is 0 Å². The zero-order valence-electron chi connectivity index (χ0n) is 12.4. The molecule has 1 heterocycles. The minimum Gasteiger partial charge on any atom is -0.497 e. The zero-order chi connectivity index (χ0) is 15.6. The van der Waals surface area contributed by atoms with Crippen LogP contribution < -0.4 is 10.1 Å². The SMILES string of the molecule is COc1ccc(Br)c(Nc2cc(Br)nc(C(C)(C)C)n2)c1. The Morgan fingerprint density at radius 1 is 1.10 bits per heavy atom. The van der Waals surface area contributed by atoms with Crippen LogP contribution in [0.2, 0.25) is 0 Å². The zero-order valence-corrected chi connectivity index (χ0v) is 15.5. The summed E-state index contributed by atoms with van der Waals surface area (Å²) in [5, 5.41) is 3.29. The number of aromatic nitrogens is 2. The van der Waals surface area contributed by atoms with Gasteiger partial charge in [0.15, 0.2) is 0 Å². The fraction of sp³-hybridized carbons (Fsp3) is 0.333. The van der Waals surface area contributed by atoms with Gasteiger partial charge in [0, 0.05) is 22.0 Å². The molecule has 0 bridgehead atoms. The summed E-state index contributed by atoms with van der Waals surface area (Å²) in [6, 6.07) is 7.59. The molecular formula is C15H17Br2N3O. The van der Waals surface area contributed by atoms with Gasteiger partial charge in [0.1, 0.15) is 22.0 Å². The second-order valence-electron chi connectivity index (χ2n) is 5.62. The summed E-state index contributed by atoms with van der Waals surface area (Å²) in [5.41, 5.74) is 0.769. The van der Waals surface area contributed by atoms with Crippen LogP contribution in [0, 0.1) is 0 Å². The molecule has 6 heteroatoms. The molecule has 0 radical (unpaired) electrons. The topological polar surface area (TPSA) is 47.0 Å². The van der Waals surface area contributed by atoms with Crippen molar-refractivity contribution in [2.75, 3.05) is 12.4 Å². The molecule has 0 saturated carbocycles. The third-order valence-corrected chi connectivity index (χ3v) is 3.90. The van der Waals surface area contributed by atoms with Crippen molar-refractivity contribution in [2.24, 2.45) is 0 Å². The first-order chi connectivity index (χ1) is 9.79. The second-order valence-corrected chi connectivity index (χ2v) is 7.29. The van der Waals surface area contributed by atoms with Gasteiger partial charge in [0.2, 0.25) is 0 Å². The lowest BCUT2D eigenvalue weighted by atomic mass is 9.96. The number of rotatable bonds is 3. The lowest BCUT2D eigenvalue weighted by Gasteiger charge is -2.18. The molecule has 4 nitrogen and oxygen atoms in total. The number of methoxy groups -OCH3 is 1. The molecular weight excluding hydrogens is 398 g/mol. The third kappa shape index (κ3) is 4.17. The lowest BCUT2D eigenvalue weighted by Crippen LogP contribution is -2.17. The van der Waals surface area contributed by atoms with Crippen molar-refractivity contribution >= 4 is 43.4 Å². The molecule has 21 heavy (non-hydrogen) atoms. The largest absolute Gasteiger partial charge is 0.497 e. The van der Waals surface area contributed by atoms with E-state index < -0.39 is 0 Å². The molecule has 2 rings (SSSR count). The maximum atomic E-state index is 5.25. The van der Waals surface area contributed by atoms with E-state index in [0.29, 0.717) is 0 Å². The van der Waals surface area contributed by atoms with E-state index in [1.54, 1.807) is 7.11 Å². The van der Waals surface area contributed by atoms with E-state index in [0.717, 1.165) is 32.2 Å². The Morgan fingerprint density at radius 3 is 2.43 bits per heavy atom. The summed E-state index contributed by atoms with van der Waals surface area (Å²) in [7, 11) is 1.64. The highest BCUT2D eigenvalue weighted by atomic mass is 79.9. The monoisotopic (exact) mass is 413 g/mol. The number of nitrogens with one attached hydrogen (secondary N) is 1. The Kier molecular flexibility index (Phi) is 4.88. The van der Waals surface area contributed by atoms with Crippen molar-refractivity contribution in [3.8, 4) is 5.75 Å². The molecule has 0 aliphatic carbocycles. The van der Waals surface area contributed by atoms with Crippen LogP contribution in [0.5, 0.6) is 5.75 Å². The van der Waals surface area contributed by atoms with Crippen LogP contribution in [0.15, 0.2) is 33.3 Å². The smallest absolute Gasteiger partial charge is 0.137 e. The predicted octanol–water partition coefficient (Wildman–Crippen LogP) is 5.05. The van der Waals surface area contributed by atoms with E-state index in [-0.39, 0.29) is 5.41 Å². The van der Waals surface area contributed by atoms with Crippen LogP contribution >= 0.6 is 31.9 Å². The molecule has 0 amide bonds.